The second kappa shape index (κ2) is 13.8. The predicted octanol–water partition coefficient (Wildman–Crippen LogP) is 5.99. The zero-order chi connectivity index (χ0) is 24.2. The number of thioether (sulfide) groups is 1. The topological polar surface area (TPSA) is 49.4 Å². The molecule has 3 aromatic rings. The Kier molecular flexibility index (Phi) is 10.5. The van der Waals surface area contributed by atoms with E-state index in [-0.39, 0.29) is 17.6 Å². The zero-order valence-corrected chi connectivity index (χ0v) is 21.0. The molecule has 0 bridgehead atoms. The van der Waals surface area contributed by atoms with Crippen LogP contribution >= 0.6 is 23.4 Å². The minimum Gasteiger partial charge on any atom is -0.354 e. The average Bonchev–Trinajstić information content (AvgIpc) is 2.86. The molecule has 0 spiro atoms. The lowest BCUT2D eigenvalue weighted by atomic mass is 10.0. The number of benzene rings is 3. The maximum absolute atomic E-state index is 13.6. The fourth-order valence-corrected chi connectivity index (χ4v) is 4.66. The first-order valence-electron chi connectivity index (χ1n) is 11.6. The quantitative estimate of drug-likeness (QED) is 0.248. The van der Waals surface area contributed by atoms with Crippen molar-refractivity contribution in [2.45, 2.75) is 43.7 Å². The van der Waals surface area contributed by atoms with Crippen molar-refractivity contribution in [2.24, 2.45) is 0 Å². The van der Waals surface area contributed by atoms with Crippen LogP contribution in [0.25, 0.3) is 0 Å². The molecular weight excluding hydrogens is 464 g/mol. The molecule has 34 heavy (non-hydrogen) atoms. The summed E-state index contributed by atoms with van der Waals surface area (Å²) in [6.45, 7) is 3.00. The molecule has 178 valence electrons. The standard InChI is InChI=1S/C28H31ClN2O2S/c1-2-3-17-30-28(33)26(19-22-11-6-4-7-12-22)31(20-23-13-10-14-24(29)18-23)27(32)21-34-25-15-8-5-9-16-25/h4-16,18,26H,2-3,17,19-21H2,1H3,(H,30,33). The highest BCUT2D eigenvalue weighted by atomic mass is 35.5. The number of nitrogens with one attached hydrogen (secondary N) is 1. The molecule has 0 fully saturated rings. The summed E-state index contributed by atoms with van der Waals surface area (Å²) in [6.07, 6.45) is 2.33. The van der Waals surface area contributed by atoms with Gasteiger partial charge in [-0.2, -0.15) is 0 Å². The lowest BCUT2D eigenvalue weighted by molar-refractivity contribution is -0.139. The van der Waals surface area contributed by atoms with E-state index in [1.807, 2.05) is 78.9 Å². The Balaban J connectivity index is 1.87. The van der Waals surface area contributed by atoms with Crippen molar-refractivity contribution >= 4 is 35.2 Å². The van der Waals surface area contributed by atoms with Crippen molar-refractivity contribution in [2.75, 3.05) is 12.3 Å². The van der Waals surface area contributed by atoms with Gasteiger partial charge < -0.3 is 10.2 Å². The molecule has 1 N–H and O–H groups in total. The van der Waals surface area contributed by atoms with Crippen LogP contribution in [-0.4, -0.2) is 35.1 Å². The molecule has 6 heteroatoms. The Bertz CT molecular complexity index is 1050. The van der Waals surface area contributed by atoms with E-state index in [0.29, 0.717) is 24.5 Å². The van der Waals surface area contributed by atoms with Gasteiger partial charge in [-0.05, 0) is 41.8 Å². The number of nitrogens with zero attached hydrogens (tertiary/aromatic N) is 1. The summed E-state index contributed by atoms with van der Waals surface area (Å²) < 4.78 is 0. The van der Waals surface area contributed by atoms with Crippen LogP contribution < -0.4 is 5.32 Å². The van der Waals surface area contributed by atoms with Crippen molar-refractivity contribution in [1.82, 2.24) is 10.2 Å². The maximum atomic E-state index is 13.6. The summed E-state index contributed by atoms with van der Waals surface area (Å²) in [5.74, 6) is 0.0377. The average molecular weight is 495 g/mol. The van der Waals surface area contributed by atoms with Gasteiger partial charge in [0.1, 0.15) is 6.04 Å². The van der Waals surface area contributed by atoms with E-state index in [9.17, 15) is 9.59 Å². The van der Waals surface area contributed by atoms with Gasteiger partial charge in [0.05, 0.1) is 5.75 Å². The van der Waals surface area contributed by atoms with Crippen LogP contribution in [0.4, 0.5) is 0 Å². The molecule has 0 aliphatic carbocycles. The highest BCUT2D eigenvalue weighted by Gasteiger charge is 2.30. The van der Waals surface area contributed by atoms with Gasteiger partial charge in [-0.15, -0.1) is 11.8 Å². The number of halogens is 1. The first-order chi connectivity index (χ1) is 16.6. The third kappa shape index (κ3) is 8.23. The number of unbranched alkanes of at least 4 members (excludes halogenated alkanes) is 1. The summed E-state index contributed by atoms with van der Waals surface area (Å²) in [5, 5.41) is 3.65. The van der Waals surface area contributed by atoms with E-state index in [4.69, 9.17) is 11.6 Å². The van der Waals surface area contributed by atoms with E-state index in [1.54, 1.807) is 11.0 Å². The molecule has 2 amide bonds. The molecule has 3 rings (SSSR count). The monoisotopic (exact) mass is 494 g/mol. The Labute approximate surface area is 211 Å². The first-order valence-corrected chi connectivity index (χ1v) is 13.0. The number of carbonyl (C=O) groups excluding carboxylic acids is 2. The predicted molar refractivity (Wildman–Crippen MR) is 141 cm³/mol. The smallest absolute Gasteiger partial charge is 0.243 e. The van der Waals surface area contributed by atoms with Gasteiger partial charge in [-0.1, -0.05) is 85.6 Å². The minimum atomic E-state index is -0.623. The van der Waals surface area contributed by atoms with Crippen molar-refractivity contribution in [1.29, 1.82) is 0 Å². The first kappa shape index (κ1) is 25.9. The molecule has 0 aliphatic rings. The lowest BCUT2D eigenvalue weighted by Gasteiger charge is -2.31. The fraction of sp³-hybridized carbons (Fsp3) is 0.286. The Morgan fingerprint density at radius 2 is 1.62 bits per heavy atom. The third-order valence-electron chi connectivity index (χ3n) is 5.45. The SMILES string of the molecule is CCCCNC(=O)C(Cc1ccccc1)N(Cc1cccc(Cl)c1)C(=O)CSc1ccccc1. The van der Waals surface area contributed by atoms with Crippen molar-refractivity contribution in [3.63, 3.8) is 0 Å². The Morgan fingerprint density at radius 3 is 2.29 bits per heavy atom. The van der Waals surface area contributed by atoms with Gasteiger partial charge in [-0.25, -0.2) is 0 Å². The van der Waals surface area contributed by atoms with Gasteiger partial charge >= 0.3 is 0 Å². The number of carbonyl (C=O) groups is 2. The summed E-state index contributed by atoms with van der Waals surface area (Å²) in [5.41, 5.74) is 1.91. The fourth-order valence-electron chi connectivity index (χ4n) is 3.64. The summed E-state index contributed by atoms with van der Waals surface area (Å²) >= 11 is 7.70. The van der Waals surface area contributed by atoms with E-state index >= 15 is 0 Å². The van der Waals surface area contributed by atoms with E-state index in [2.05, 4.69) is 12.2 Å². The van der Waals surface area contributed by atoms with E-state index in [0.717, 1.165) is 28.9 Å². The van der Waals surface area contributed by atoms with Crippen molar-refractivity contribution in [3.05, 3.63) is 101 Å². The van der Waals surface area contributed by atoms with Crippen LogP contribution in [0.1, 0.15) is 30.9 Å². The van der Waals surface area contributed by atoms with Gasteiger partial charge in [-0.3, -0.25) is 9.59 Å². The molecule has 0 saturated carbocycles. The van der Waals surface area contributed by atoms with E-state index < -0.39 is 6.04 Å². The maximum Gasteiger partial charge on any atom is 0.243 e. The molecule has 0 aromatic heterocycles. The lowest BCUT2D eigenvalue weighted by Crippen LogP contribution is -2.51. The van der Waals surface area contributed by atoms with Crippen LogP contribution in [0, 0.1) is 0 Å². The van der Waals surface area contributed by atoms with Crippen molar-refractivity contribution in [3.8, 4) is 0 Å². The van der Waals surface area contributed by atoms with Gasteiger partial charge in [0, 0.05) is 29.4 Å². The Morgan fingerprint density at radius 1 is 0.941 bits per heavy atom. The van der Waals surface area contributed by atoms with Gasteiger partial charge in [0.25, 0.3) is 0 Å². The van der Waals surface area contributed by atoms with Crippen LogP contribution in [0.3, 0.4) is 0 Å². The van der Waals surface area contributed by atoms with E-state index in [1.165, 1.54) is 11.8 Å². The zero-order valence-electron chi connectivity index (χ0n) is 19.5. The summed E-state index contributed by atoms with van der Waals surface area (Å²) in [6, 6.07) is 26.5. The molecule has 1 unspecified atom stereocenters. The van der Waals surface area contributed by atoms with Crippen LogP contribution in [-0.2, 0) is 22.6 Å². The second-order valence-electron chi connectivity index (χ2n) is 8.10. The number of hydrogen-bond donors (Lipinski definition) is 1. The molecule has 0 aliphatic heterocycles. The Hall–Kier alpha value is -2.76. The number of amides is 2. The largest absolute Gasteiger partial charge is 0.354 e. The van der Waals surface area contributed by atoms with Crippen LogP contribution in [0.5, 0.6) is 0 Å². The summed E-state index contributed by atoms with van der Waals surface area (Å²) in [4.78, 5) is 29.6. The molecule has 0 heterocycles. The van der Waals surface area contributed by atoms with Crippen molar-refractivity contribution < 1.29 is 9.59 Å². The normalized spacial score (nSPS) is 11.6. The summed E-state index contributed by atoms with van der Waals surface area (Å²) in [7, 11) is 0. The van der Waals surface area contributed by atoms with Crippen LogP contribution in [0.15, 0.2) is 89.8 Å². The highest BCUT2D eigenvalue weighted by molar-refractivity contribution is 8.00. The van der Waals surface area contributed by atoms with Gasteiger partial charge in [0.2, 0.25) is 11.8 Å². The third-order valence-corrected chi connectivity index (χ3v) is 6.68. The highest BCUT2D eigenvalue weighted by Crippen LogP contribution is 2.21. The number of hydrogen-bond acceptors (Lipinski definition) is 3. The van der Waals surface area contributed by atoms with Crippen LogP contribution in [0.2, 0.25) is 5.02 Å². The molecule has 0 saturated heterocycles. The molecule has 4 nitrogen and oxygen atoms in total. The van der Waals surface area contributed by atoms with Gasteiger partial charge in [0.15, 0.2) is 0 Å². The molecule has 0 radical (unpaired) electrons. The number of rotatable bonds is 12. The minimum absolute atomic E-state index is 0.0830. The molecule has 1 atom stereocenters. The second-order valence-corrected chi connectivity index (χ2v) is 9.59. The molecule has 3 aromatic carbocycles. The molecular formula is C28H31ClN2O2S.